The fourth-order valence-electron chi connectivity index (χ4n) is 2.37. The van der Waals surface area contributed by atoms with Crippen molar-refractivity contribution in [3.8, 4) is 0 Å². The van der Waals surface area contributed by atoms with Crippen molar-refractivity contribution >= 4 is 17.5 Å². The van der Waals surface area contributed by atoms with Gasteiger partial charge in [-0.1, -0.05) is 6.92 Å². The molecule has 0 atom stereocenters. The van der Waals surface area contributed by atoms with Crippen LogP contribution >= 0.6 is 0 Å². The Kier molecular flexibility index (Phi) is 4.83. The highest BCUT2D eigenvalue weighted by molar-refractivity contribution is 5.97. The van der Waals surface area contributed by atoms with E-state index in [4.69, 9.17) is 0 Å². The number of piperazine rings is 1. The second-order valence-corrected chi connectivity index (χ2v) is 5.50. The summed E-state index contributed by atoms with van der Waals surface area (Å²) in [6.07, 6.45) is 1.06. The van der Waals surface area contributed by atoms with E-state index in [9.17, 15) is 9.59 Å². The number of benzene rings is 1. The van der Waals surface area contributed by atoms with Crippen molar-refractivity contribution in [3.05, 3.63) is 29.3 Å². The lowest BCUT2D eigenvalue weighted by Crippen LogP contribution is -2.50. The first-order valence-corrected chi connectivity index (χ1v) is 7.40. The molecule has 2 rings (SSSR count). The van der Waals surface area contributed by atoms with Crippen molar-refractivity contribution in [2.45, 2.75) is 20.3 Å². The van der Waals surface area contributed by atoms with E-state index in [1.165, 1.54) is 0 Å². The topological polar surface area (TPSA) is 52.7 Å². The molecule has 21 heavy (non-hydrogen) atoms. The predicted octanol–water partition coefficient (Wildman–Crippen LogP) is 1.73. The van der Waals surface area contributed by atoms with Crippen LogP contribution in [0.5, 0.6) is 0 Å². The third-order valence-electron chi connectivity index (χ3n) is 3.78. The standard InChI is InChI=1S/C16H23N3O2/c1-4-7-17-14-6-5-13(10-12(14)2)16(21)19-9-8-18(3)15(20)11-19/h5-6,10,17H,4,7-9,11H2,1-3H3. The second kappa shape index (κ2) is 6.61. The van der Waals surface area contributed by atoms with Gasteiger partial charge < -0.3 is 15.1 Å². The summed E-state index contributed by atoms with van der Waals surface area (Å²) in [5.41, 5.74) is 2.75. The summed E-state index contributed by atoms with van der Waals surface area (Å²) in [5, 5.41) is 3.34. The van der Waals surface area contributed by atoms with Gasteiger partial charge in [-0.05, 0) is 37.1 Å². The Bertz CT molecular complexity index is 542. The van der Waals surface area contributed by atoms with Crippen LogP contribution in [0.25, 0.3) is 0 Å². The Labute approximate surface area is 125 Å². The highest BCUT2D eigenvalue weighted by Gasteiger charge is 2.25. The maximum Gasteiger partial charge on any atom is 0.254 e. The van der Waals surface area contributed by atoms with Gasteiger partial charge in [-0.2, -0.15) is 0 Å². The molecule has 1 aliphatic heterocycles. The van der Waals surface area contributed by atoms with E-state index in [-0.39, 0.29) is 18.4 Å². The van der Waals surface area contributed by atoms with Gasteiger partial charge in [0.1, 0.15) is 6.54 Å². The Morgan fingerprint density at radius 1 is 1.33 bits per heavy atom. The van der Waals surface area contributed by atoms with Crippen LogP contribution in [0.2, 0.25) is 0 Å². The highest BCUT2D eigenvalue weighted by Crippen LogP contribution is 2.18. The number of aryl methyl sites for hydroxylation is 1. The molecule has 0 aromatic heterocycles. The fourth-order valence-corrected chi connectivity index (χ4v) is 2.37. The van der Waals surface area contributed by atoms with Crippen molar-refractivity contribution in [3.63, 3.8) is 0 Å². The van der Waals surface area contributed by atoms with E-state index in [1.54, 1.807) is 16.8 Å². The van der Waals surface area contributed by atoms with Gasteiger partial charge in [-0.15, -0.1) is 0 Å². The lowest BCUT2D eigenvalue weighted by atomic mass is 10.1. The average Bonchev–Trinajstić information content (AvgIpc) is 2.48. The van der Waals surface area contributed by atoms with Gasteiger partial charge in [0.15, 0.2) is 0 Å². The number of nitrogens with one attached hydrogen (secondary N) is 1. The van der Waals surface area contributed by atoms with Crippen LogP contribution in [0.1, 0.15) is 29.3 Å². The van der Waals surface area contributed by atoms with Crippen LogP contribution in [0.15, 0.2) is 18.2 Å². The molecule has 1 N–H and O–H groups in total. The van der Waals surface area contributed by atoms with Crippen molar-refractivity contribution in [1.29, 1.82) is 0 Å². The number of likely N-dealkylation sites (N-methyl/N-ethyl adjacent to an activating group) is 1. The Hall–Kier alpha value is -2.04. The first-order chi connectivity index (χ1) is 10.0. The van der Waals surface area contributed by atoms with Crippen LogP contribution in [0.4, 0.5) is 5.69 Å². The molecule has 0 bridgehead atoms. The molecule has 0 saturated carbocycles. The summed E-state index contributed by atoms with van der Waals surface area (Å²) in [4.78, 5) is 27.4. The van der Waals surface area contributed by atoms with E-state index >= 15 is 0 Å². The molecule has 1 fully saturated rings. The number of hydrogen-bond donors (Lipinski definition) is 1. The average molecular weight is 289 g/mol. The Balaban J connectivity index is 2.09. The number of rotatable bonds is 4. The third kappa shape index (κ3) is 3.54. The largest absolute Gasteiger partial charge is 0.385 e. The highest BCUT2D eigenvalue weighted by atomic mass is 16.2. The van der Waals surface area contributed by atoms with Crippen LogP contribution in [-0.2, 0) is 4.79 Å². The van der Waals surface area contributed by atoms with E-state index in [2.05, 4.69) is 12.2 Å². The van der Waals surface area contributed by atoms with E-state index < -0.39 is 0 Å². The maximum absolute atomic E-state index is 12.5. The smallest absolute Gasteiger partial charge is 0.254 e. The van der Waals surface area contributed by atoms with Crippen LogP contribution in [0.3, 0.4) is 0 Å². The minimum atomic E-state index is -0.0680. The number of carbonyl (C=O) groups is 2. The molecule has 1 aromatic carbocycles. The summed E-state index contributed by atoms with van der Waals surface area (Å²) >= 11 is 0. The predicted molar refractivity (Wildman–Crippen MR) is 83.5 cm³/mol. The van der Waals surface area contributed by atoms with Crippen molar-refractivity contribution < 1.29 is 9.59 Å². The van der Waals surface area contributed by atoms with Crippen LogP contribution in [0, 0.1) is 6.92 Å². The summed E-state index contributed by atoms with van der Waals surface area (Å²) in [6, 6.07) is 5.66. The molecule has 114 valence electrons. The normalized spacial score (nSPS) is 15.3. The monoisotopic (exact) mass is 289 g/mol. The minimum Gasteiger partial charge on any atom is -0.385 e. The minimum absolute atomic E-state index is 0.00689. The molecule has 5 heteroatoms. The summed E-state index contributed by atoms with van der Waals surface area (Å²) in [6.45, 7) is 6.38. The van der Waals surface area contributed by atoms with E-state index in [1.807, 2.05) is 25.1 Å². The molecule has 0 spiro atoms. The molecule has 0 unspecified atom stereocenters. The number of amides is 2. The Morgan fingerprint density at radius 2 is 2.10 bits per heavy atom. The van der Waals surface area contributed by atoms with E-state index in [0.29, 0.717) is 18.7 Å². The molecule has 1 saturated heterocycles. The molecular weight excluding hydrogens is 266 g/mol. The SMILES string of the molecule is CCCNc1ccc(C(=O)N2CCN(C)C(=O)C2)cc1C. The number of nitrogens with zero attached hydrogens (tertiary/aromatic N) is 2. The number of anilines is 1. The zero-order valence-corrected chi connectivity index (χ0v) is 13.0. The van der Waals surface area contributed by atoms with Gasteiger partial charge in [-0.3, -0.25) is 9.59 Å². The van der Waals surface area contributed by atoms with E-state index in [0.717, 1.165) is 24.2 Å². The fraction of sp³-hybridized carbons (Fsp3) is 0.500. The number of carbonyl (C=O) groups excluding carboxylic acids is 2. The molecule has 5 nitrogen and oxygen atoms in total. The van der Waals surface area contributed by atoms with Crippen LogP contribution < -0.4 is 5.32 Å². The molecule has 1 aromatic rings. The zero-order chi connectivity index (χ0) is 15.4. The molecule has 1 aliphatic rings. The quantitative estimate of drug-likeness (QED) is 0.918. The second-order valence-electron chi connectivity index (χ2n) is 5.50. The zero-order valence-electron chi connectivity index (χ0n) is 13.0. The molecular formula is C16H23N3O2. The summed E-state index contributed by atoms with van der Waals surface area (Å²) < 4.78 is 0. The molecule has 0 radical (unpaired) electrons. The molecule has 0 aliphatic carbocycles. The van der Waals surface area contributed by atoms with Gasteiger partial charge in [0, 0.05) is 37.9 Å². The summed E-state index contributed by atoms with van der Waals surface area (Å²) in [7, 11) is 1.77. The lowest BCUT2D eigenvalue weighted by Gasteiger charge is -2.32. The van der Waals surface area contributed by atoms with Gasteiger partial charge in [0.2, 0.25) is 5.91 Å². The Morgan fingerprint density at radius 3 is 2.71 bits per heavy atom. The first kappa shape index (κ1) is 15.4. The maximum atomic E-state index is 12.5. The summed E-state index contributed by atoms with van der Waals surface area (Å²) in [5.74, 6) is -0.0749. The molecule has 1 heterocycles. The number of hydrogen-bond acceptors (Lipinski definition) is 3. The van der Waals surface area contributed by atoms with Gasteiger partial charge >= 0.3 is 0 Å². The van der Waals surface area contributed by atoms with Crippen LogP contribution in [-0.4, -0.2) is 54.8 Å². The molecule has 2 amide bonds. The lowest BCUT2D eigenvalue weighted by molar-refractivity contribution is -0.133. The van der Waals surface area contributed by atoms with Crippen molar-refractivity contribution in [2.75, 3.05) is 38.5 Å². The van der Waals surface area contributed by atoms with Crippen molar-refractivity contribution in [2.24, 2.45) is 0 Å². The first-order valence-electron chi connectivity index (χ1n) is 7.40. The van der Waals surface area contributed by atoms with Gasteiger partial charge in [0.25, 0.3) is 5.91 Å². The third-order valence-corrected chi connectivity index (χ3v) is 3.78. The van der Waals surface area contributed by atoms with Gasteiger partial charge in [-0.25, -0.2) is 0 Å². The van der Waals surface area contributed by atoms with Crippen molar-refractivity contribution in [1.82, 2.24) is 9.80 Å². The van der Waals surface area contributed by atoms with Gasteiger partial charge in [0.05, 0.1) is 0 Å².